The summed E-state index contributed by atoms with van der Waals surface area (Å²) < 4.78 is 0. The van der Waals surface area contributed by atoms with Crippen molar-refractivity contribution in [3.05, 3.63) is 29.6 Å². The van der Waals surface area contributed by atoms with Crippen LogP contribution in [0.5, 0.6) is 0 Å². The van der Waals surface area contributed by atoms with Gasteiger partial charge in [-0.05, 0) is 39.1 Å². The van der Waals surface area contributed by atoms with Gasteiger partial charge in [0.2, 0.25) is 0 Å². The zero-order valence-electron chi connectivity index (χ0n) is 12.7. The maximum Gasteiger partial charge on any atom is 0.272 e. The van der Waals surface area contributed by atoms with E-state index in [9.17, 15) is 4.79 Å². The molecule has 1 unspecified atom stereocenters. The van der Waals surface area contributed by atoms with Gasteiger partial charge in [0.1, 0.15) is 5.69 Å². The van der Waals surface area contributed by atoms with E-state index in [2.05, 4.69) is 35.8 Å². The lowest BCUT2D eigenvalue weighted by molar-refractivity contribution is 0.0629. The highest BCUT2D eigenvalue weighted by molar-refractivity contribution is 5.92. The topological polar surface area (TPSA) is 62.5 Å². The molecule has 1 atom stereocenters. The van der Waals surface area contributed by atoms with Gasteiger partial charge in [-0.15, -0.1) is 0 Å². The molecular weight excluding hydrogens is 264 g/mol. The molecule has 5 nitrogen and oxygen atoms in total. The number of carbonyl (C=O) groups excluding carboxylic acids is 1. The third-order valence-corrected chi connectivity index (χ3v) is 3.73. The molecule has 5 heteroatoms. The average molecular weight is 286 g/mol. The maximum atomic E-state index is 12.5. The molecule has 1 aliphatic rings. The number of amides is 1. The van der Waals surface area contributed by atoms with Crippen LogP contribution in [0.3, 0.4) is 0 Å². The quantitative estimate of drug-likeness (QED) is 0.807. The van der Waals surface area contributed by atoms with E-state index in [1.165, 1.54) is 0 Å². The van der Waals surface area contributed by atoms with Crippen molar-refractivity contribution in [2.24, 2.45) is 5.73 Å². The number of pyridine rings is 1. The Balaban J connectivity index is 2.05. The molecule has 2 N–H and O–H groups in total. The van der Waals surface area contributed by atoms with Crippen molar-refractivity contribution < 1.29 is 4.79 Å². The molecule has 0 aliphatic carbocycles. The Morgan fingerprint density at radius 1 is 1.52 bits per heavy atom. The molecule has 21 heavy (non-hydrogen) atoms. The van der Waals surface area contributed by atoms with Crippen molar-refractivity contribution in [2.45, 2.75) is 18.9 Å². The second-order valence-electron chi connectivity index (χ2n) is 5.45. The molecule has 0 bridgehead atoms. The summed E-state index contributed by atoms with van der Waals surface area (Å²) in [5.74, 6) is 5.67. The molecule has 0 radical (unpaired) electrons. The lowest BCUT2D eigenvalue weighted by atomic mass is 10.0. The molecule has 0 aromatic carbocycles. The van der Waals surface area contributed by atoms with Gasteiger partial charge in [-0.25, -0.2) is 4.98 Å². The zero-order chi connectivity index (χ0) is 15.2. The highest BCUT2D eigenvalue weighted by atomic mass is 16.2. The molecule has 1 amide bonds. The van der Waals surface area contributed by atoms with E-state index in [0.29, 0.717) is 18.3 Å². The lowest BCUT2D eigenvalue weighted by Gasteiger charge is -2.35. The number of nitrogens with two attached hydrogens (primary N) is 1. The molecule has 2 heterocycles. The van der Waals surface area contributed by atoms with Crippen LogP contribution in [-0.2, 0) is 0 Å². The van der Waals surface area contributed by atoms with Crippen LogP contribution in [0.1, 0.15) is 28.9 Å². The highest BCUT2D eigenvalue weighted by Crippen LogP contribution is 2.15. The summed E-state index contributed by atoms with van der Waals surface area (Å²) in [5.41, 5.74) is 6.59. The van der Waals surface area contributed by atoms with E-state index in [1.54, 1.807) is 12.3 Å². The molecule has 2 rings (SSSR count). The second kappa shape index (κ2) is 7.21. The molecule has 1 fully saturated rings. The van der Waals surface area contributed by atoms with Crippen LogP contribution < -0.4 is 5.73 Å². The Bertz CT molecular complexity index is 542. The SMILES string of the molecule is CN(C)C1CCCN(C(=O)c2ccc(C#CCN)cn2)C1. The van der Waals surface area contributed by atoms with Crippen molar-refractivity contribution in [1.29, 1.82) is 0 Å². The van der Waals surface area contributed by atoms with Gasteiger partial charge in [0.15, 0.2) is 0 Å². The highest BCUT2D eigenvalue weighted by Gasteiger charge is 2.26. The monoisotopic (exact) mass is 286 g/mol. The fraction of sp³-hybridized carbons (Fsp3) is 0.500. The normalized spacial score (nSPS) is 18.3. The number of likely N-dealkylation sites (N-methyl/N-ethyl adjacent to an activating group) is 1. The van der Waals surface area contributed by atoms with E-state index in [0.717, 1.165) is 31.5 Å². The fourth-order valence-electron chi connectivity index (χ4n) is 2.47. The summed E-state index contributed by atoms with van der Waals surface area (Å²) in [6.07, 6.45) is 3.80. The number of aromatic nitrogens is 1. The van der Waals surface area contributed by atoms with Crippen molar-refractivity contribution >= 4 is 5.91 Å². The van der Waals surface area contributed by atoms with E-state index in [1.807, 2.05) is 11.0 Å². The van der Waals surface area contributed by atoms with Crippen molar-refractivity contribution in [1.82, 2.24) is 14.8 Å². The summed E-state index contributed by atoms with van der Waals surface area (Å²) in [6, 6.07) is 3.98. The molecular formula is C16H22N4O. The summed E-state index contributed by atoms with van der Waals surface area (Å²) in [4.78, 5) is 20.8. The van der Waals surface area contributed by atoms with Gasteiger partial charge in [0.25, 0.3) is 5.91 Å². The standard InChI is InChI=1S/C16H22N4O/c1-19(2)14-6-4-10-20(12-14)16(21)15-8-7-13(11-18-15)5-3-9-17/h7-8,11,14H,4,6,9-10,12,17H2,1-2H3. The number of rotatable bonds is 2. The van der Waals surface area contributed by atoms with Crippen LogP contribution in [0.15, 0.2) is 18.3 Å². The predicted molar refractivity (Wildman–Crippen MR) is 82.8 cm³/mol. The Morgan fingerprint density at radius 2 is 2.33 bits per heavy atom. The molecule has 1 saturated heterocycles. The van der Waals surface area contributed by atoms with E-state index >= 15 is 0 Å². The first kappa shape index (κ1) is 15.5. The molecule has 1 aliphatic heterocycles. The first-order valence-electron chi connectivity index (χ1n) is 7.22. The number of hydrogen-bond donors (Lipinski definition) is 1. The molecule has 112 valence electrons. The lowest BCUT2D eigenvalue weighted by Crippen LogP contribution is -2.47. The molecule has 0 saturated carbocycles. The smallest absolute Gasteiger partial charge is 0.272 e. The number of likely N-dealkylation sites (tertiary alicyclic amines) is 1. The van der Waals surface area contributed by atoms with Gasteiger partial charge in [0.05, 0.1) is 6.54 Å². The summed E-state index contributed by atoms with van der Waals surface area (Å²) in [6.45, 7) is 1.89. The molecule has 1 aromatic rings. The minimum Gasteiger partial charge on any atom is -0.336 e. The summed E-state index contributed by atoms with van der Waals surface area (Å²) in [7, 11) is 4.11. The van der Waals surface area contributed by atoms with Crippen molar-refractivity contribution in [2.75, 3.05) is 33.7 Å². The molecule has 1 aromatic heterocycles. The van der Waals surface area contributed by atoms with Crippen LogP contribution in [0.4, 0.5) is 0 Å². The van der Waals surface area contributed by atoms with E-state index in [4.69, 9.17) is 5.73 Å². The zero-order valence-corrected chi connectivity index (χ0v) is 12.7. The maximum absolute atomic E-state index is 12.5. The van der Waals surface area contributed by atoms with Gasteiger partial charge in [0, 0.05) is 30.9 Å². The molecule has 0 spiro atoms. The Hall–Kier alpha value is -1.90. The third-order valence-electron chi connectivity index (χ3n) is 3.73. The van der Waals surface area contributed by atoms with Gasteiger partial charge < -0.3 is 15.5 Å². The summed E-state index contributed by atoms with van der Waals surface area (Å²) >= 11 is 0. The van der Waals surface area contributed by atoms with Crippen LogP contribution >= 0.6 is 0 Å². The Kier molecular flexibility index (Phi) is 5.32. The van der Waals surface area contributed by atoms with Crippen LogP contribution in [0, 0.1) is 11.8 Å². The van der Waals surface area contributed by atoms with Crippen molar-refractivity contribution in [3.8, 4) is 11.8 Å². The first-order valence-corrected chi connectivity index (χ1v) is 7.22. The number of carbonyl (C=O) groups is 1. The van der Waals surface area contributed by atoms with Crippen LogP contribution in [0.25, 0.3) is 0 Å². The minimum absolute atomic E-state index is 0.000107. The van der Waals surface area contributed by atoms with Gasteiger partial charge in [-0.2, -0.15) is 0 Å². The predicted octanol–water partition coefficient (Wildman–Crippen LogP) is 0.558. The first-order chi connectivity index (χ1) is 10.1. The third kappa shape index (κ3) is 4.03. The number of piperidine rings is 1. The van der Waals surface area contributed by atoms with Gasteiger partial charge >= 0.3 is 0 Å². The van der Waals surface area contributed by atoms with Crippen molar-refractivity contribution in [3.63, 3.8) is 0 Å². The number of nitrogens with zero attached hydrogens (tertiary/aromatic N) is 3. The second-order valence-corrected chi connectivity index (χ2v) is 5.45. The number of hydrogen-bond acceptors (Lipinski definition) is 4. The minimum atomic E-state index is -0.000107. The Labute approximate surface area is 126 Å². The van der Waals surface area contributed by atoms with Gasteiger partial charge in [-0.3, -0.25) is 4.79 Å². The van der Waals surface area contributed by atoms with E-state index in [-0.39, 0.29) is 5.91 Å². The summed E-state index contributed by atoms with van der Waals surface area (Å²) in [5, 5.41) is 0. The Morgan fingerprint density at radius 3 is 2.95 bits per heavy atom. The van der Waals surface area contributed by atoms with Crippen LogP contribution in [0.2, 0.25) is 0 Å². The largest absolute Gasteiger partial charge is 0.336 e. The average Bonchev–Trinajstić information content (AvgIpc) is 2.53. The fourth-order valence-corrected chi connectivity index (χ4v) is 2.47. The van der Waals surface area contributed by atoms with Crippen LogP contribution in [-0.4, -0.2) is 60.5 Å². The van der Waals surface area contributed by atoms with Gasteiger partial charge in [-0.1, -0.05) is 11.8 Å². The van der Waals surface area contributed by atoms with E-state index < -0.39 is 0 Å².